The zero-order valence-electron chi connectivity index (χ0n) is 9.56. The summed E-state index contributed by atoms with van der Waals surface area (Å²) in [4.78, 5) is 8.07. The minimum atomic E-state index is 0.339. The van der Waals surface area contributed by atoms with Crippen LogP contribution in [0.5, 0.6) is 0 Å². The summed E-state index contributed by atoms with van der Waals surface area (Å²) in [7, 11) is 0. The van der Waals surface area contributed by atoms with E-state index in [2.05, 4.69) is 30.7 Å². The Labute approximate surface area is 102 Å². The molecule has 3 aromatic rings. The fraction of sp³-hybridized carbons (Fsp3) is 0.200. The molecule has 0 aliphatic rings. The van der Waals surface area contributed by atoms with Gasteiger partial charge in [0.05, 0.1) is 0 Å². The van der Waals surface area contributed by atoms with E-state index in [9.17, 15) is 0 Å². The smallest absolute Gasteiger partial charge is 0.248 e. The van der Waals surface area contributed by atoms with Gasteiger partial charge in [-0.1, -0.05) is 5.16 Å². The molecular formula is C10H9N7O. The lowest BCUT2D eigenvalue weighted by molar-refractivity contribution is 0.362. The van der Waals surface area contributed by atoms with Gasteiger partial charge in [-0.2, -0.15) is 4.98 Å². The molecule has 0 atom stereocenters. The van der Waals surface area contributed by atoms with Gasteiger partial charge in [0, 0.05) is 18.0 Å². The number of tetrazole rings is 1. The summed E-state index contributed by atoms with van der Waals surface area (Å²) in [5.41, 5.74) is 0.881. The van der Waals surface area contributed by atoms with Crippen LogP contribution in [0.3, 0.4) is 0 Å². The van der Waals surface area contributed by atoms with E-state index < -0.39 is 0 Å². The van der Waals surface area contributed by atoms with Crippen molar-refractivity contribution in [2.24, 2.45) is 0 Å². The molecule has 0 radical (unpaired) electrons. The fourth-order valence-electron chi connectivity index (χ4n) is 1.55. The van der Waals surface area contributed by atoms with Crippen molar-refractivity contribution in [3.05, 3.63) is 36.2 Å². The fourth-order valence-corrected chi connectivity index (χ4v) is 1.55. The Kier molecular flexibility index (Phi) is 2.52. The van der Waals surface area contributed by atoms with Crippen LogP contribution in [0.2, 0.25) is 0 Å². The van der Waals surface area contributed by atoms with Crippen LogP contribution in [0.1, 0.15) is 11.7 Å². The molecule has 3 heterocycles. The number of hydrogen-bond donors (Lipinski definition) is 0. The van der Waals surface area contributed by atoms with Gasteiger partial charge in [-0.05, 0) is 29.5 Å². The Balaban J connectivity index is 1.93. The summed E-state index contributed by atoms with van der Waals surface area (Å²) in [5, 5.41) is 15.3. The molecule has 0 amide bonds. The molecule has 0 bridgehead atoms. The molecule has 0 saturated carbocycles. The highest BCUT2D eigenvalue weighted by Crippen LogP contribution is 2.14. The molecule has 3 aromatic heterocycles. The van der Waals surface area contributed by atoms with Crippen LogP contribution in [-0.4, -0.2) is 35.3 Å². The molecule has 0 spiro atoms. The summed E-state index contributed by atoms with van der Waals surface area (Å²) >= 11 is 0. The number of nitrogens with zero attached hydrogens (tertiary/aromatic N) is 7. The Morgan fingerprint density at radius 3 is 2.83 bits per heavy atom. The maximum absolute atomic E-state index is 5.04. The molecule has 8 heteroatoms. The van der Waals surface area contributed by atoms with Gasteiger partial charge in [-0.15, -0.1) is 5.10 Å². The van der Waals surface area contributed by atoms with Crippen LogP contribution in [0.15, 0.2) is 29.0 Å². The van der Waals surface area contributed by atoms with Crippen LogP contribution >= 0.6 is 0 Å². The summed E-state index contributed by atoms with van der Waals surface area (Å²) in [5.74, 6) is 1.69. The van der Waals surface area contributed by atoms with E-state index >= 15 is 0 Å². The van der Waals surface area contributed by atoms with Gasteiger partial charge in [-0.25, -0.2) is 4.68 Å². The van der Waals surface area contributed by atoms with Crippen LogP contribution in [0.25, 0.3) is 11.4 Å². The van der Waals surface area contributed by atoms with E-state index in [1.54, 1.807) is 24.0 Å². The molecule has 0 aliphatic carbocycles. The minimum Gasteiger partial charge on any atom is -0.337 e. The van der Waals surface area contributed by atoms with E-state index in [4.69, 9.17) is 4.52 Å². The molecule has 0 unspecified atom stereocenters. The average Bonchev–Trinajstić information content (AvgIpc) is 3.00. The molecule has 3 rings (SSSR count). The third-order valence-corrected chi connectivity index (χ3v) is 2.33. The molecule has 0 N–H and O–H groups in total. The number of pyridine rings is 1. The Morgan fingerprint density at radius 1 is 1.28 bits per heavy atom. The highest BCUT2D eigenvalue weighted by Gasteiger charge is 2.12. The van der Waals surface area contributed by atoms with E-state index in [1.165, 1.54) is 0 Å². The summed E-state index contributed by atoms with van der Waals surface area (Å²) in [6.45, 7) is 2.10. The predicted molar refractivity (Wildman–Crippen MR) is 59.2 cm³/mol. The molecule has 0 aromatic carbocycles. The van der Waals surface area contributed by atoms with Crippen LogP contribution in [0, 0.1) is 6.92 Å². The first-order valence-corrected chi connectivity index (χ1v) is 5.28. The average molecular weight is 243 g/mol. The first-order chi connectivity index (χ1) is 8.83. The predicted octanol–water partition coefficient (Wildman–Crippen LogP) is 0.475. The Hall–Kier alpha value is -2.64. The van der Waals surface area contributed by atoms with Crippen molar-refractivity contribution < 1.29 is 4.52 Å². The summed E-state index contributed by atoms with van der Waals surface area (Å²) < 4.78 is 6.64. The maximum Gasteiger partial charge on any atom is 0.248 e. The molecule has 0 fully saturated rings. The van der Waals surface area contributed by atoms with Crippen molar-refractivity contribution in [2.75, 3.05) is 0 Å². The quantitative estimate of drug-likeness (QED) is 0.659. The van der Waals surface area contributed by atoms with Gasteiger partial charge in [0.2, 0.25) is 5.89 Å². The van der Waals surface area contributed by atoms with E-state index in [1.807, 2.05) is 12.1 Å². The lowest BCUT2D eigenvalue weighted by atomic mass is 10.2. The lowest BCUT2D eigenvalue weighted by Gasteiger charge is -2.00. The van der Waals surface area contributed by atoms with Crippen LogP contribution in [-0.2, 0) is 6.54 Å². The van der Waals surface area contributed by atoms with Gasteiger partial charge < -0.3 is 4.52 Å². The van der Waals surface area contributed by atoms with E-state index in [-0.39, 0.29) is 0 Å². The lowest BCUT2D eigenvalue weighted by Crippen LogP contribution is -2.04. The first kappa shape index (κ1) is 10.5. The van der Waals surface area contributed by atoms with Crippen molar-refractivity contribution >= 4 is 0 Å². The number of hydrogen-bond acceptors (Lipinski definition) is 7. The highest BCUT2D eigenvalue weighted by atomic mass is 16.5. The van der Waals surface area contributed by atoms with Crippen molar-refractivity contribution in [3.63, 3.8) is 0 Å². The summed E-state index contributed by atoms with van der Waals surface area (Å²) in [6, 6.07) is 3.67. The summed E-state index contributed by atoms with van der Waals surface area (Å²) in [6.07, 6.45) is 3.37. The third-order valence-electron chi connectivity index (χ3n) is 2.33. The number of rotatable bonds is 3. The topological polar surface area (TPSA) is 95.4 Å². The molecule has 0 saturated heterocycles. The molecule has 18 heavy (non-hydrogen) atoms. The largest absolute Gasteiger partial charge is 0.337 e. The number of aromatic nitrogens is 7. The van der Waals surface area contributed by atoms with Gasteiger partial charge in [0.25, 0.3) is 0 Å². The van der Waals surface area contributed by atoms with Crippen molar-refractivity contribution in [1.82, 2.24) is 35.3 Å². The van der Waals surface area contributed by atoms with Crippen molar-refractivity contribution in [1.29, 1.82) is 0 Å². The molecule has 8 nitrogen and oxygen atoms in total. The zero-order valence-corrected chi connectivity index (χ0v) is 9.56. The van der Waals surface area contributed by atoms with Crippen LogP contribution in [0.4, 0.5) is 0 Å². The maximum atomic E-state index is 5.04. The SMILES string of the molecule is Cc1noc(Cn2nnnc2-c2ccncc2)n1. The molecular weight excluding hydrogens is 234 g/mol. The van der Waals surface area contributed by atoms with Gasteiger partial charge in [0.15, 0.2) is 11.6 Å². The monoisotopic (exact) mass is 243 g/mol. The Morgan fingerprint density at radius 2 is 2.11 bits per heavy atom. The van der Waals surface area contributed by atoms with Gasteiger partial charge in [0.1, 0.15) is 6.54 Å². The second-order valence-corrected chi connectivity index (χ2v) is 3.63. The molecule has 90 valence electrons. The Bertz CT molecular complexity index is 645. The zero-order chi connectivity index (χ0) is 12.4. The second-order valence-electron chi connectivity index (χ2n) is 3.63. The standard InChI is InChI=1S/C10H9N7O/c1-7-12-9(18-14-7)6-17-10(13-15-16-17)8-2-4-11-5-3-8/h2-5H,6H2,1H3. The highest BCUT2D eigenvalue weighted by molar-refractivity contribution is 5.52. The normalized spacial score (nSPS) is 10.7. The van der Waals surface area contributed by atoms with E-state index in [0.29, 0.717) is 24.1 Å². The van der Waals surface area contributed by atoms with Crippen molar-refractivity contribution in [2.45, 2.75) is 13.5 Å². The van der Waals surface area contributed by atoms with Gasteiger partial charge in [-0.3, -0.25) is 4.98 Å². The molecule has 0 aliphatic heterocycles. The first-order valence-electron chi connectivity index (χ1n) is 5.28. The number of aryl methyl sites for hydroxylation is 1. The van der Waals surface area contributed by atoms with Gasteiger partial charge >= 0.3 is 0 Å². The minimum absolute atomic E-state index is 0.339. The van der Waals surface area contributed by atoms with E-state index in [0.717, 1.165) is 5.56 Å². The van der Waals surface area contributed by atoms with Crippen LogP contribution < -0.4 is 0 Å². The van der Waals surface area contributed by atoms with Crippen molar-refractivity contribution in [3.8, 4) is 11.4 Å². The third kappa shape index (κ3) is 1.95. The second kappa shape index (κ2) is 4.32.